The fourth-order valence-corrected chi connectivity index (χ4v) is 2.13. The van der Waals surface area contributed by atoms with Crippen molar-refractivity contribution in [3.8, 4) is 0 Å². The van der Waals surface area contributed by atoms with Crippen LogP contribution in [0.5, 0.6) is 0 Å². The maximum atomic E-state index is 11.9. The molecule has 1 aromatic rings. The minimum absolute atomic E-state index is 0.0332. The number of alkyl halides is 3. The summed E-state index contributed by atoms with van der Waals surface area (Å²) in [5.41, 5.74) is 1.39. The summed E-state index contributed by atoms with van der Waals surface area (Å²) in [6.07, 6.45) is -4.26. The van der Waals surface area contributed by atoms with Crippen molar-refractivity contribution in [2.45, 2.75) is 6.18 Å². The van der Waals surface area contributed by atoms with Crippen LogP contribution in [0.2, 0.25) is 0 Å². The number of anilines is 2. The SMILES string of the molecule is CN(CCO)c1ccc(NC(=O)CSCC(F)(F)F)cc1. The van der Waals surface area contributed by atoms with E-state index in [2.05, 4.69) is 5.32 Å². The molecule has 0 aliphatic rings. The highest BCUT2D eigenvalue weighted by Gasteiger charge is 2.27. The standard InChI is InChI=1S/C13H17F3N2O2S/c1-18(6-7-19)11-4-2-10(3-5-11)17-12(20)8-21-9-13(14,15)16/h2-5,19H,6-9H2,1H3,(H,17,20). The summed E-state index contributed by atoms with van der Waals surface area (Å²) in [5, 5.41) is 11.4. The molecule has 8 heteroatoms. The second-order valence-corrected chi connectivity index (χ2v) is 5.33. The van der Waals surface area contributed by atoms with Crippen LogP contribution in [0.25, 0.3) is 0 Å². The van der Waals surface area contributed by atoms with E-state index >= 15 is 0 Å². The van der Waals surface area contributed by atoms with Crippen molar-refractivity contribution in [1.29, 1.82) is 0 Å². The van der Waals surface area contributed by atoms with Crippen LogP contribution in [0.15, 0.2) is 24.3 Å². The van der Waals surface area contributed by atoms with Crippen LogP contribution in [0.3, 0.4) is 0 Å². The lowest BCUT2D eigenvalue weighted by atomic mass is 10.2. The number of benzene rings is 1. The molecule has 4 nitrogen and oxygen atoms in total. The van der Waals surface area contributed by atoms with Crippen molar-refractivity contribution in [3.63, 3.8) is 0 Å². The van der Waals surface area contributed by atoms with Crippen molar-refractivity contribution >= 4 is 29.0 Å². The number of nitrogens with one attached hydrogen (secondary N) is 1. The molecule has 1 rings (SSSR count). The van der Waals surface area contributed by atoms with Gasteiger partial charge in [-0.05, 0) is 24.3 Å². The molecule has 0 aliphatic heterocycles. The molecule has 0 saturated carbocycles. The number of carbonyl (C=O) groups excluding carboxylic acids is 1. The molecule has 0 heterocycles. The number of rotatable bonds is 7. The molecule has 1 aromatic carbocycles. The summed E-state index contributed by atoms with van der Waals surface area (Å²) in [5.74, 6) is -1.75. The highest BCUT2D eigenvalue weighted by Crippen LogP contribution is 2.21. The lowest BCUT2D eigenvalue weighted by Gasteiger charge is -2.18. The lowest BCUT2D eigenvalue weighted by Crippen LogP contribution is -2.21. The Morgan fingerprint density at radius 3 is 2.48 bits per heavy atom. The molecular weight excluding hydrogens is 305 g/mol. The maximum Gasteiger partial charge on any atom is 0.397 e. The third-order valence-corrected chi connectivity index (χ3v) is 3.52. The largest absolute Gasteiger partial charge is 0.397 e. The monoisotopic (exact) mass is 322 g/mol. The molecule has 2 N–H and O–H groups in total. The molecule has 0 spiro atoms. The molecule has 0 fully saturated rings. The van der Waals surface area contributed by atoms with Crippen LogP contribution >= 0.6 is 11.8 Å². The average molecular weight is 322 g/mol. The van der Waals surface area contributed by atoms with Gasteiger partial charge in [0.15, 0.2) is 0 Å². The summed E-state index contributed by atoms with van der Waals surface area (Å²) < 4.78 is 35.8. The van der Waals surface area contributed by atoms with Gasteiger partial charge in [-0.15, -0.1) is 11.8 Å². The van der Waals surface area contributed by atoms with E-state index in [9.17, 15) is 18.0 Å². The first-order valence-corrected chi connectivity index (χ1v) is 7.33. The Hall–Kier alpha value is -1.41. The first-order valence-electron chi connectivity index (χ1n) is 6.18. The van der Waals surface area contributed by atoms with Crippen LogP contribution in [0.4, 0.5) is 24.5 Å². The molecule has 21 heavy (non-hydrogen) atoms. The number of thioether (sulfide) groups is 1. The van der Waals surface area contributed by atoms with Crippen molar-refractivity contribution in [3.05, 3.63) is 24.3 Å². The number of halogens is 3. The van der Waals surface area contributed by atoms with Gasteiger partial charge in [-0.2, -0.15) is 13.2 Å². The first kappa shape index (κ1) is 17.6. The number of hydrogen-bond acceptors (Lipinski definition) is 4. The molecular formula is C13H17F3N2O2S. The van der Waals surface area contributed by atoms with E-state index in [1.165, 1.54) is 0 Å². The lowest BCUT2D eigenvalue weighted by molar-refractivity contribution is -0.113. The molecule has 0 bridgehead atoms. The summed E-state index contributed by atoms with van der Waals surface area (Å²) >= 11 is 0.529. The zero-order chi connectivity index (χ0) is 15.9. The van der Waals surface area contributed by atoms with Crippen LogP contribution < -0.4 is 10.2 Å². The number of likely N-dealkylation sites (N-methyl/N-ethyl adjacent to an activating group) is 1. The van der Waals surface area contributed by atoms with Crippen LogP contribution in [-0.4, -0.2) is 48.9 Å². The zero-order valence-electron chi connectivity index (χ0n) is 11.5. The minimum atomic E-state index is -4.26. The Labute approximate surface area is 125 Å². The zero-order valence-corrected chi connectivity index (χ0v) is 12.3. The molecule has 0 aliphatic carbocycles. The van der Waals surface area contributed by atoms with Crippen molar-refractivity contribution in [2.24, 2.45) is 0 Å². The Morgan fingerprint density at radius 1 is 1.33 bits per heavy atom. The number of aliphatic hydroxyl groups is 1. The summed E-state index contributed by atoms with van der Waals surface area (Å²) in [6.45, 7) is 0.519. The molecule has 0 aromatic heterocycles. The predicted octanol–water partition coefficient (Wildman–Crippen LogP) is 2.35. The normalized spacial score (nSPS) is 11.3. The van der Waals surface area contributed by atoms with Gasteiger partial charge in [0.2, 0.25) is 5.91 Å². The van der Waals surface area contributed by atoms with Gasteiger partial charge in [0.05, 0.1) is 18.1 Å². The van der Waals surface area contributed by atoms with Crippen LogP contribution in [-0.2, 0) is 4.79 Å². The van der Waals surface area contributed by atoms with Crippen molar-refractivity contribution in [1.82, 2.24) is 0 Å². The van der Waals surface area contributed by atoms with Crippen LogP contribution in [0, 0.1) is 0 Å². The van der Waals surface area contributed by atoms with E-state index in [1.54, 1.807) is 24.3 Å². The Bertz CT molecular complexity index is 452. The van der Waals surface area contributed by atoms with Gasteiger partial charge in [-0.25, -0.2) is 0 Å². The number of carbonyl (C=O) groups is 1. The fraction of sp³-hybridized carbons (Fsp3) is 0.462. The van der Waals surface area contributed by atoms with Gasteiger partial charge in [-0.1, -0.05) is 0 Å². The second-order valence-electron chi connectivity index (χ2n) is 4.35. The topological polar surface area (TPSA) is 52.6 Å². The molecule has 118 valence electrons. The summed E-state index contributed by atoms with van der Waals surface area (Å²) in [7, 11) is 1.82. The smallest absolute Gasteiger partial charge is 0.395 e. The molecule has 0 saturated heterocycles. The van der Waals surface area contributed by atoms with Gasteiger partial charge in [0.1, 0.15) is 0 Å². The van der Waals surface area contributed by atoms with E-state index in [0.29, 0.717) is 24.0 Å². The van der Waals surface area contributed by atoms with E-state index in [4.69, 9.17) is 5.11 Å². The van der Waals surface area contributed by atoms with Gasteiger partial charge in [0, 0.05) is 25.0 Å². The van der Waals surface area contributed by atoms with Gasteiger partial charge in [0.25, 0.3) is 0 Å². The van der Waals surface area contributed by atoms with Gasteiger partial charge in [-0.3, -0.25) is 4.79 Å². The molecule has 0 radical (unpaired) electrons. The minimum Gasteiger partial charge on any atom is -0.395 e. The summed E-state index contributed by atoms with van der Waals surface area (Å²) in [4.78, 5) is 13.3. The number of nitrogens with zero attached hydrogens (tertiary/aromatic N) is 1. The quantitative estimate of drug-likeness (QED) is 0.809. The Balaban J connectivity index is 2.43. The first-order chi connectivity index (χ1) is 9.81. The number of hydrogen-bond donors (Lipinski definition) is 2. The highest BCUT2D eigenvalue weighted by molar-refractivity contribution is 8.00. The van der Waals surface area contributed by atoms with E-state index < -0.39 is 17.8 Å². The number of amides is 1. The molecule has 0 unspecified atom stereocenters. The Kier molecular flexibility index (Phi) is 6.83. The van der Waals surface area contributed by atoms with E-state index in [-0.39, 0.29) is 12.4 Å². The van der Waals surface area contributed by atoms with Crippen molar-refractivity contribution < 1.29 is 23.1 Å². The van der Waals surface area contributed by atoms with Gasteiger partial charge >= 0.3 is 6.18 Å². The second kappa shape index (κ2) is 8.14. The third-order valence-electron chi connectivity index (χ3n) is 2.53. The van der Waals surface area contributed by atoms with E-state index in [0.717, 1.165) is 5.69 Å². The van der Waals surface area contributed by atoms with Crippen molar-refractivity contribution in [2.75, 3.05) is 41.9 Å². The van der Waals surface area contributed by atoms with Gasteiger partial charge < -0.3 is 15.3 Å². The Morgan fingerprint density at radius 2 is 1.95 bits per heavy atom. The third kappa shape index (κ3) is 7.24. The number of aliphatic hydroxyl groups excluding tert-OH is 1. The summed E-state index contributed by atoms with van der Waals surface area (Å²) in [6, 6.07) is 6.84. The van der Waals surface area contributed by atoms with E-state index in [1.807, 2.05) is 11.9 Å². The molecule has 0 atom stereocenters. The highest BCUT2D eigenvalue weighted by atomic mass is 32.2. The maximum absolute atomic E-state index is 11.9. The van der Waals surface area contributed by atoms with Crippen LogP contribution in [0.1, 0.15) is 0 Å². The fourth-order valence-electron chi connectivity index (χ4n) is 1.53. The molecule has 1 amide bonds. The predicted molar refractivity (Wildman–Crippen MR) is 78.8 cm³/mol. The average Bonchev–Trinajstić information content (AvgIpc) is 2.38.